The molecule has 0 radical (unpaired) electrons. The van der Waals surface area contributed by atoms with Crippen LogP contribution in [0.4, 0.5) is 0 Å². The largest absolute Gasteiger partial charge is 0.478 e. The molecule has 3 heteroatoms. The van der Waals surface area contributed by atoms with Gasteiger partial charge in [-0.2, -0.15) is 0 Å². The molecule has 2 aromatic rings. The number of aryl methyl sites for hydroxylation is 2. The van der Waals surface area contributed by atoms with Crippen molar-refractivity contribution < 1.29 is 9.90 Å². The zero-order chi connectivity index (χ0) is 11.0. The number of carboxylic acid groups (broad SMARTS) is 1. The van der Waals surface area contributed by atoms with Crippen molar-refractivity contribution in [1.29, 1.82) is 0 Å². The molecule has 1 aromatic carbocycles. The van der Waals surface area contributed by atoms with Crippen molar-refractivity contribution in [3.63, 3.8) is 0 Å². The molecule has 0 saturated heterocycles. The monoisotopic (exact) mass is 201 g/mol. The maximum atomic E-state index is 11.0. The number of benzene rings is 1. The molecule has 76 valence electrons. The Hall–Kier alpha value is -1.90. The van der Waals surface area contributed by atoms with Crippen molar-refractivity contribution in [3.8, 4) is 0 Å². The van der Waals surface area contributed by atoms with E-state index >= 15 is 0 Å². The van der Waals surface area contributed by atoms with Crippen LogP contribution >= 0.6 is 0 Å². The van der Waals surface area contributed by atoms with Gasteiger partial charge >= 0.3 is 5.97 Å². The van der Waals surface area contributed by atoms with Crippen LogP contribution in [0.1, 0.15) is 21.6 Å². The molecule has 3 nitrogen and oxygen atoms in total. The molecule has 0 spiro atoms. The molecule has 0 aliphatic carbocycles. The molecular weight excluding hydrogens is 190 g/mol. The van der Waals surface area contributed by atoms with Crippen LogP contribution in [0.3, 0.4) is 0 Å². The van der Waals surface area contributed by atoms with E-state index < -0.39 is 5.97 Å². The van der Waals surface area contributed by atoms with Crippen molar-refractivity contribution in [2.24, 2.45) is 0 Å². The number of aromatic carboxylic acids is 1. The van der Waals surface area contributed by atoms with Crippen LogP contribution in [-0.4, -0.2) is 16.1 Å². The van der Waals surface area contributed by atoms with Crippen molar-refractivity contribution >= 4 is 16.9 Å². The van der Waals surface area contributed by atoms with Crippen LogP contribution < -0.4 is 0 Å². The van der Waals surface area contributed by atoms with E-state index in [9.17, 15) is 4.79 Å². The van der Waals surface area contributed by atoms with Gasteiger partial charge in [0.05, 0.1) is 16.8 Å². The normalized spacial score (nSPS) is 10.5. The number of nitrogens with zero attached hydrogens (tertiary/aromatic N) is 1. The average molecular weight is 201 g/mol. The Balaban J connectivity index is 2.90. The predicted molar refractivity (Wildman–Crippen MR) is 58.2 cm³/mol. The second kappa shape index (κ2) is 3.35. The lowest BCUT2D eigenvalue weighted by Crippen LogP contribution is -2.05. The van der Waals surface area contributed by atoms with Gasteiger partial charge in [-0.1, -0.05) is 18.2 Å². The molecule has 0 amide bonds. The lowest BCUT2D eigenvalue weighted by atomic mass is 10.0. The molecule has 15 heavy (non-hydrogen) atoms. The first kappa shape index (κ1) is 9.65. The molecule has 2 rings (SSSR count). The van der Waals surface area contributed by atoms with Crippen LogP contribution in [0.25, 0.3) is 10.9 Å². The zero-order valence-electron chi connectivity index (χ0n) is 8.61. The smallest absolute Gasteiger partial charge is 0.337 e. The van der Waals surface area contributed by atoms with Crippen LogP contribution in [0, 0.1) is 13.8 Å². The number of rotatable bonds is 1. The maximum Gasteiger partial charge on any atom is 0.337 e. The van der Waals surface area contributed by atoms with Crippen molar-refractivity contribution in [1.82, 2.24) is 4.98 Å². The summed E-state index contributed by atoms with van der Waals surface area (Å²) in [5.41, 5.74) is 2.51. The van der Waals surface area contributed by atoms with E-state index in [1.54, 1.807) is 6.92 Å². The van der Waals surface area contributed by atoms with Crippen LogP contribution in [0.2, 0.25) is 0 Å². The Morgan fingerprint density at radius 2 is 1.93 bits per heavy atom. The van der Waals surface area contributed by atoms with Gasteiger partial charge in [-0.25, -0.2) is 4.79 Å². The summed E-state index contributed by atoms with van der Waals surface area (Å²) in [4.78, 5) is 15.3. The van der Waals surface area contributed by atoms with Crippen molar-refractivity contribution in [2.45, 2.75) is 13.8 Å². The predicted octanol–water partition coefficient (Wildman–Crippen LogP) is 2.55. The van der Waals surface area contributed by atoms with E-state index in [0.717, 1.165) is 16.5 Å². The first-order chi connectivity index (χ1) is 7.11. The zero-order valence-corrected chi connectivity index (χ0v) is 8.61. The lowest BCUT2D eigenvalue weighted by Gasteiger charge is -2.08. The number of carbonyl (C=O) groups is 1. The summed E-state index contributed by atoms with van der Waals surface area (Å²) in [7, 11) is 0. The highest BCUT2D eigenvalue weighted by Crippen LogP contribution is 2.22. The number of pyridine rings is 1. The molecule has 0 bridgehead atoms. The van der Waals surface area contributed by atoms with E-state index in [2.05, 4.69) is 4.98 Å². The molecule has 0 fully saturated rings. The Morgan fingerprint density at radius 3 is 2.60 bits per heavy atom. The molecule has 0 saturated carbocycles. The second-order valence-corrected chi connectivity index (χ2v) is 3.52. The van der Waals surface area contributed by atoms with E-state index in [1.165, 1.54) is 0 Å². The van der Waals surface area contributed by atoms with Gasteiger partial charge in [0, 0.05) is 5.39 Å². The standard InChI is InChI=1S/C12H11NO2/c1-7-9-5-3-4-6-10(9)13-8(2)11(7)12(14)15/h3-6H,1-2H3,(H,14,15). The second-order valence-electron chi connectivity index (χ2n) is 3.52. The van der Waals surface area contributed by atoms with Gasteiger partial charge in [-0.3, -0.25) is 4.98 Å². The average Bonchev–Trinajstić information content (AvgIpc) is 2.17. The van der Waals surface area contributed by atoms with E-state index in [-0.39, 0.29) is 0 Å². The van der Waals surface area contributed by atoms with Gasteiger partial charge < -0.3 is 5.11 Å². The Labute approximate surface area is 87.4 Å². The first-order valence-corrected chi connectivity index (χ1v) is 4.70. The topological polar surface area (TPSA) is 50.2 Å². The van der Waals surface area contributed by atoms with Crippen molar-refractivity contribution in [3.05, 3.63) is 41.1 Å². The number of fused-ring (bicyclic) bond motifs is 1. The van der Waals surface area contributed by atoms with E-state index in [1.807, 2.05) is 31.2 Å². The van der Waals surface area contributed by atoms with Crippen LogP contribution in [0.15, 0.2) is 24.3 Å². The minimum Gasteiger partial charge on any atom is -0.478 e. The quantitative estimate of drug-likeness (QED) is 0.771. The van der Waals surface area contributed by atoms with Crippen molar-refractivity contribution in [2.75, 3.05) is 0 Å². The fourth-order valence-corrected chi connectivity index (χ4v) is 1.85. The third-order valence-corrected chi connectivity index (χ3v) is 2.55. The summed E-state index contributed by atoms with van der Waals surface area (Å²) in [6.45, 7) is 3.54. The number of aromatic nitrogens is 1. The third kappa shape index (κ3) is 1.46. The molecule has 0 aliphatic heterocycles. The van der Waals surface area contributed by atoms with Crippen LogP contribution in [-0.2, 0) is 0 Å². The summed E-state index contributed by atoms with van der Waals surface area (Å²) < 4.78 is 0. The molecule has 1 N–H and O–H groups in total. The van der Waals surface area contributed by atoms with Gasteiger partial charge in [0.25, 0.3) is 0 Å². The molecule has 0 atom stereocenters. The van der Waals surface area contributed by atoms with E-state index in [0.29, 0.717) is 11.3 Å². The Bertz CT molecular complexity index is 547. The third-order valence-electron chi connectivity index (χ3n) is 2.55. The minimum absolute atomic E-state index is 0.314. The maximum absolute atomic E-state index is 11.0. The number of hydrogen-bond donors (Lipinski definition) is 1. The van der Waals surface area contributed by atoms with Gasteiger partial charge in [-0.15, -0.1) is 0 Å². The highest BCUT2D eigenvalue weighted by Gasteiger charge is 2.14. The summed E-state index contributed by atoms with van der Waals surface area (Å²) in [6.07, 6.45) is 0. The van der Waals surface area contributed by atoms with Gasteiger partial charge in [0.2, 0.25) is 0 Å². The van der Waals surface area contributed by atoms with E-state index in [4.69, 9.17) is 5.11 Å². The molecule has 0 unspecified atom stereocenters. The first-order valence-electron chi connectivity index (χ1n) is 4.70. The molecule has 0 aliphatic rings. The summed E-state index contributed by atoms with van der Waals surface area (Å²) in [5.74, 6) is -0.914. The van der Waals surface area contributed by atoms with Crippen LogP contribution in [0.5, 0.6) is 0 Å². The van der Waals surface area contributed by atoms with Gasteiger partial charge in [0.15, 0.2) is 0 Å². The summed E-state index contributed by atoms with van der Waals surface area (Å²) >= 11 is 0. The molecular formula is C12H11NO2. The fraction of sp³-hybridized carbons (Fsp3) is 0.167. The molecule has 1 aromatic heterocycles. The molecule has 1 heterocycles. The highest BCUT2D eigenvalue weighted by molar-refractivity contribution is 5.97. The van der Waals surface area contributed by atoms with Gasteiger partial charge in [-0.05, 0) is 25.5 Å². The van der Waals surface area contributed by atoms with Gasteiger partial charge in [0.1, 0.15) is 0 Å². The Kier molecular flexibility index (Phi) is 2.15. The number of carboxylic acids is 1. The summed E-state index contributed by atoms with van der Waals surface area (Å²) in [6, 6.07) is 7.57. The number of para-hydroxylation sites is 1. The summed E-state index contributed by atoms with van der Waals surface area (Å²) in [5, 5.41) is 9.97. The lowest BCUT2D eigenvalue weighted by molar-refractivity contribution is 0.0695. The fourth-order valence-electron chi connectivity index (χ4n) is 1.85. The Morgan fingerprint density at radius 1 is 1.27 bits per heavy atom. The minimum atomic E-state index is -0.914. The SMILES string of the molecule is Cc1nc2ccccc2c(C)c1C(=O)O. The highest BCUT2D eigenvalue weighted by atomic mass is 16.4. The number of hydrogen-bond acceptors (Lipinski definition) is 2.